The van der Waals surface area contributed by atoms with Crippen molar-refractivity contribution in [1.82, 2.24) is 4.90 Å². The zero-order valence-electron chi connectivity index (χ0n) is 14.5. The molecule has 5 atom stereocenters. The van der Waals surface area contributed by atoms with Crippen LogP contribution >= 0.6 is 0 Å². The molecule has 5 unspecified atom stereocenters. The van der Waals surface area contributed by atoms with Crippen LogP contribution in [-0.4, -0.2) is 42.3 Å². The van der Waals surface area contributed by atoms with Crippen molar-refractivity contribution in [3.05, 3.63) is 12.2 Å². The van der Waals surface area contributed by atoms with Gasteiger partial charge in [-0.25, -0.2) is 4.79 Å². The summed E-state index contributed by atoms with van der Waals surface area (Å²) in [4.78, 5) is 26.2. The number of amides is 1. The van der Waals surface area contributed by atoms with Gasteiger partial charge in [-0.1, -0.05) is 32.9 Å². The van der Waals surface area contributed by atoms with Crippen LogP contribution in [-0.2, 0) is 14.3 Å². The Balaban J connectivity index is 1.66. The molecule has 2 bridgehead atoms. The summed E-state index contributed by atoms with van der Waals surface area (Å²) < 4.78 is 11.3. The van der Waals surface area contributed by atoms with E-state index in [1.165, 1.54) is 0 Å². The van der Waals surface area contributed by atoms with Crippen LogP contribution in [0.15, 0.2) is 12.2 Å². The highest BCUT2D eigenvalue weighted by Gasteiger charge is 2.63. The quantitative estimate of drug-likeness (QED) is 0.590. The first-order valence-electron chi connectivity index (χ1n) is 8.57. The lowest BCUT2D eigenvalue weighted by Crippen LogP contribution is -2.43. The largest absolute Gasteiger partial charge is 0.458 e. The van der Waals surface area contributed by atoms with E-state index in [9.17, 15) is 9.59 Å². The van der Waals surface area contributed by atoms with Crippen LogP contribution in [0.25, 0.3) is 0 Å². The highest BCUT2D eigenvalue weighted by Crippen LogP contribution is 2.55. The van der Waals surface area contributed by atoms with Crippen LogP contribution in [0.4, 0.5) is 4.79 Å². The van der Waals surface area contributed by atoms with Crippen LogP contribution in [0.5, 0.6) is 0 Å². The molecular formula is C18H27NO4. The van der Waals surface area contributed by atoms with E-state index in [2.05, 4.69) is 20.8 Å². The number of esters is 1. The Morgan fingerprint density at radius 3 is 2.78 bits per heavy atom. The molecule has 5 nitrogen and oxygen atoms in total. The molecule has 5 heteroatoms. The molecule has 1 saturated heterocycles. The molecule has 3 rings (SSSR count). The monoisotopic (exact) mass is 321 g/mol. The van der Waals surface area contributed by atoms with Crippen molar-refractivity contribution < 1.29 is 19.1 Å². The van der Waals surface area contributed by atoms with E-state index in [0.717, 1.165) is 12.8 Å². The normalized spacial score (nSPS) is 35.0. The Labute approximate surface area is 138 Å². The molecule has 2 saturated carbocycles. The van der Waals surface area contributed by atoms with Gasteiger partial charge in [0.25, 0.3) is 0 Å². The van der Waals surface area contributed by atoms with Gasteiger partial charge in [-0.3, -0.25) is 4.79 Å². The van der Waals surface area contributed by atoms with Gasteiger partial charge < -0.3 is 14.4 Å². The third-order valence-electron chi connectivity index (χ3n) is 5.14. The lowest BCUT2D eigenvalue weighted by Gasteiger charge is -2.32. The van der Waals surface area contributed by atoms with Gasteiger partial charge in [0.1, 0.15) is 12.2 Å². The minimum atomic E-state index is -0.296. The molecule has 0 spiro atoms. The van der Waals surface area contributed by atoms with Gasteiger partial charge in [-0.2, -0.15) is 0 Å². The molecule has 1 heterocycles. The second-order valence-electron chi connectivity index (χ2n) is 8.26. The molecule has 3 fully saturated rings. The fourth-order valence-corrected chi connectivity index (χ4v) is 4.26. The molecular weight excluding hydrogens is 294 g/mol. The molecule has 128 valence electrons. The van der Waals surface area contributed by atoms with Crippen molar-refractivity contribution in [3.8, 4) is 0 Å². The van der Waals surface area contributed by atoms with Crippen molar-refractivity contribution >= 4 is 12.1 Å². The summed E-state index contributed by atoms with van der Waals surface area (Å²) in [5.41, 5.74) is 0.000201. The molecule has 1 amide bonds. The molecule has 0 aromatic heterocycles. The maximum Gasteiger partial charge on any atom is 0.410 e. The summed E-state index contributed by atoms with van der Waals surface area (Å²) in [6.07, 6.45) is 4.88. The molecule has 1 aliphatic heterocycles. The third-order valence-corrected chi connectivity index (χ3v) is 5.14. The van der Waals surface area contributed by atoms with Gasteiger partial charge in [-0.15, -0.1) is 0 Å². The van der Waals surface area contributed by atoms with Gasteiger partial charge in [0.2, 0.25) is 0 Å². The van der Waals surface area contributed by atoms with Crippen LogP contribution in [0, 0.1) is 23.2 Å². The highest BCUT2D eigenvalue weighted by atomic mass is 16.6. The van der Waals surface area contributed by atoms with Crippen molar-refractivity contribution in [1.29, 1.82) is 0 Å². The van der Waals surface area contributed by atoms with E-state index in [4.69, 9.17) is 9.47 Å². The van der Waals surface area contributed by atoms with Crippen molar-refractivity contribution in [2.75, 3.05) is 13.1 Å². The predicted octanol–water partition coefficient (Wildman–Crippen LogP) is 3.00. The van der Waals surface area contributed by atoms with Gasteiger partial charge in [-0.05, 0) is 25.2 Å². The molecule has 0 radical (unpaired) electrons. The smallest absolute Gasteiger partial charge is 0.410 e. The minimum absolute atomic E-state index is 0.000201. The first-order valence-corrected chi connectivity index (χ1v) is 8.57. The number of rotatable bonds is 4. The number of nitrogens with zero attached hydrogens (tertiary/aromatic N) is 1. The number of hydrogen-bond acceptors (Lipinski definition) is 4. The second kappa shape index (κ2) is 5.84. The Hall–Kier alpha value is -1.52. The predicted molar refractivity (Wildman–Crippen MR) is 85.7 cm³/mol. The first kappa shape index (κ1) is 16.3. The maximum absolute atomic E-state index is 12.6. The number of allylic oxidation sites excluding steroid dienone is 1. The average Bonchev–Trinajstić information content (AvgIpc) is 3.06. The molecule has 3 aliphatic rings. The fraction of sp³-hybridized carbons (Fsp3) is 0.778. The second-order valence-corrected chi connectivity index (χ2v) is 8.26. The van der Waals surface area contributed by atoms with Crippen LogP contribution < -0.4 is 0 Å². The average molecular weight is 321 g/mol. The lowest BCUT2D eigenvalue weighted by molar-refractivity contribution is -0.146. The van der Waals surface area contributed by atoms with E-state index < -0.39 is 0 Å². The van der Waals surface area contributed by atoms with Crippen LogP contribution in [0.1, 0.15) is 40.5 Å². The van der Waals surface area contributed by atoms with E-state index >= 15 is 0 Å². The van der Waals surface area contributed by atoms with Gasteiger partial charge >= 0.3 is 12.1 Å². The number of hydrogen-bond donors (Lipinski definition) is 0. The first-order chi connectivity index (χ1) is 10.8. The molecule has 0 aromatic carbocycles. The summed E-state index contributed by atoms with van der Waals surface area (Å²) in [6.45, 7) is 9.41. The Bertz CT molecular complexity index is 522. The number of carbonyl (C=O) groups is 2. The lowest BCUT2D eigenvalue weighted by atomic mass is 9.88. The zero-order chi connectivity index (χ0) is 16.8. The molecule has 2 aliphatic carbocycles. The topological polar surface area (TPSA) is 55.8 Å². The van der Waals surface area contributed by atoms with Crippen LogP contribution in [0.3, 0.4) is 0 Å². The zero-order valence-corrected chi connectivity index (χ0v) is 14.5. The third kappa shape index (κ3) is 3.10. The SMILES string of the molecule is C/C=C\CN(CC(C)(C)C)C(=O)OC1C2CC3C(=O)OC1C3C2. The summed E-state index contributed by atoms with van der Waals surface area (Å²) in [5.74, 6) is 0.496. The Morgan fingerprint density at radius 1 is 1.39 bits per heavy atom. The van der Waals surface area contributed by atoms with Crippen molar-refractivity contribution in [2.24, 2.45) is 23.2 Å². The molecule has 23 heavy (non-hydrogen) atoms. The van der Waals surface area contributed by atoms with Crippen molar-refractivity contribution in [2.45, 2.75) is 52.7 Å². The summed E-state index contributed by atoms with van der Waals surface area (Å²) in [7, 11) is 0. The van der Waals surface area contributed by atoms with Crippen molar-refractivity contribution in [3.63, 3.8) is 0 Å². The summed E-state index contributed by atoms with van der Waals surface area (Å²) in [5, 5.41) is 0. The van der Waals surface area contributed by atoms with E-state index in [-0.39, 0.29) is 47.4 Å². The van der Waals surface area contributed by atoms with Crippen LogP contribution in [0.2, 0.25) is 0 Å². The number of ether oxygens (including phenoxy) is 2. The highest BCUT2D eigenvalue weighted by molar-refractivity contribution is 5.77. The Morgan fingerprint density at radius 2 is 2.13 bits per heavy atom. The minimum Gasteiger partial charge on any atom is -0.458 e. The van der Waals surface area contributed by atoms with Gasteiger partial charge in [0, 0.05) is 24.9 Å². The number of fused-ring (bicyclic) bond motifs is 1. The fourth-order valence-electron chi connectivity index (χ4n) is 4.26. The maximum atomic E-state index is 12.6. The van der Waals surface area contributed by atoms with Gasteiger partial charge in [0.15, 0.2) is 0 Å². The summed E-state index contributed by atoms with van der Waals surface area (Å²) >= 11 is 0. The number of carbonyl (C=O) groups excluding carboxylic acids is 2. The molecule has 0 aromatic rings. The van der Waals surface area contributed by atoms with E-state index in [1.807, 2.05) is 19.1 Å². The standard InChI is InChI=1S/C18H27NO4/c1-5-6-7-19(10-18(2,3)4)17(21)23-14-11-8-12-13(9-11)16(20)22-15(12)14/h5-6,11-15H,7-10H2,1-4H3/b6-5-. The van der Waals surface area contributed by atoms with Gasteiger partial charge in [0.05, 0.1) is 5.92 Å². The van der Waals surface area contributed by atoms with E-state index in [1.54, 1.807) is 4.90 Å². The summed E-state index contributed by atoms with van der Waals surface area (Å²) in [6, 6.07) is 0. The molecule has 0 N–H and O–H groups in total. The Kier molecular flexibility index (Phi) is 4.15. The van der Waals surface area contributed by atoms with E-state index in [0.29, 0.717) is 13.1 Å².